The van der Waals surface area contributed by atoms with Crippen LogP contribution < -0.4 is 0 Å². The Kier molecular flexibility index (Phi) is 3.31. The molecule has 1 N–H and O–H groups in total. The minimum atomic E-state index is -0.782. The van der Waals surface area contributed by atoms with Crippen LogP contribution in [0.15, 0.2) is 0 Å². The Morgan fingerprint density at radius 1 is 1.41 bits per heavy atom. The van der Waals surface area contributed by atoms with Crippen LogP contribution in [0.5, 0.6) is 0 Å². The molecule has 0 amide bonds. The van der Waals surface area contributed by atoms with Gasteiger partial charge < -0.3 is 9.84 Å². The predicted molar refractivity (Wildman–Crippen MR) is 64.8 cm³/mol. The van der Waals surface area contributed by atoms with Crippen LogP contribution in [0.3, 0.4) is 0 Å². The van der Waals surface area contributed by atoms with Crippen molar-refractivity contribution < 1.29 is 14.6 Å². The average Bonchev–Trinajstić information content (AvgIpc) is 2.31. The number of piperidine rings is 3. The number of Topliss-reactive ketones (excluding diaryl/α,β-unsaturated/α-hetero) is 1. The SMILES string of the molecule is CC(C)OCC1(CO)C(=O)C2(C)CCN1CC2. The number of fused-ring (bicyclic) bond motifs is 3. The number of rotatable bonds is 4. The Labute approximate surface area is 103 Å². The third-order valence-electron chi connectivity index (χ3n) is 4.36. The first-order chi connectivity index (χ1) is 7.94. The summed E-state index contributed by atoms with van der Waals surface area (Å²) in [6.07, 6.45) is 1.91. The Morgan fingerprint density at radius 3 is 2.47 bits per heavy atom. The van der Waals surface area contributed by atoms with Gasteiger partial charge >= 0.3 is 0 Å². The summed E-state index contributed by atoms with van der Waals surface area (Å²) >= 11 is 0. The number of hydrogen-bond donors (Lipinski definition) is 1. The molecule has 0 radical (unpaired) electrons. The molecule has 3 rings (SSSR count). The normalized spacial score (nSPS) is 41.2. The first-order valence-electron chi connectivity index (χ1n) is 6.47. The smallest absolute Gasteiger partial charge is 0.163 e. The third kappa shape index (κ3) is 1.92. The van der Waals surface area contributed by atoms with E-state index in [-0.39, 0.29) is 23.9 Å². The van der Waals surface area contributed by atoms with Crippen molar-refractivity contribution >= 4 is 5.78 Å². The van der Waals surface area contributed by atoms with Gasteiger partial charge in [-0.15, -0.1) is 0 Å². The van der Waals surface area contributed by atoms with E-state index in [0.29, 0.717) is 6.61 Å². The van der Waals surface area contributed by atoms with Crippen molar-refractivity contribution in [1.29, 1.82) is 0 Å². The number of nitrogens with zero attached hydrogens (tertiary/aromatic N) is 1. The Bertz CT molecular complexity index is 308. The van der Waals surface area contributed by atoms with Gasteiger partial charge in [0.05, 0.1) is 19.3 Å². The summed E-state index contributed by atoms with van der Waals surface area (Å²) in [7, 11) is 0. The third-order valence-corrected chi connectivity index (χ3v) is 4.36. The summed E-state index contributed by atoms with van der Waals surface area (Å²) in [4.78, 5) is 14.7. The van der Waals surface area contributed by atoms with Gasteiger partial charge in [-0.05, 0) is 26.7 Å². The lowest BCUT2D eigenvalue weighted by atomic mass is 9.64. The van der Waals surface area contributed by atoms with E-state index >= 15 is 0 Å². The molecule has 3 heterocycles. The molecule has 0 aromatic heterocycles. The number of hydrogen-bond acceptors (Lipinski definition) is 4. The van der Waals surface area contributed by atoms with Gasteiger partial charge in [-0.2, -0.15) is 0 Å². The van der Waals surface area contributed by atoms with E-state index in [1.165, 1.54) is 0 Å². The molecule has 0 saturated carbocycles. The summed E-state index contributed by atoms with van der Waals surface area (Å²) in [6.45, 7) is 7.91. The summed E-state index contributed by atoms with van der Waals surface area (Å²) in [5.41, 5.74) is -1.03. The van der Waals surface area contributed by atoms with Crippen LogP contribution >= 0.6 is 0 Å². The van der Waals surface area contributed by atoms with Gasteiger partial charge in [-0.3, -0.25) is 9.69 Å². The lowest BCUT2D eigenvalue weighted by Crippen LogP contribution is -2.72. The molecule has 0 aromatic rings. The van der Waals surface area contributed by atoms with Crippen molar-refractivity contribution in [2.45, 2.75) is 45.3 Å². The van der Waals surface area contributed by atoms with Crippen LogP contribution in [0.25, 0.3) is 0 Å². The lowest BCUT2D eigenvalue weighted by Gasteiger charge is -2.56. The van der Waals surface area contributed by atoms with Crippen LogP contribution in [-0.4, -0.2) is 53.7 Å². The Morgan fingerprint density at radius 2 is 2.00 bits per heavy atom. The number of ether oxygens (including phenoxy) is 1. The van der Waals surface area contributed by atoms with E-state index in [0.717, 1.165) is 25.9 Å². The van der Waals surface area contributed by atoms with Gasteiger partial charge in [-0.1, -0.05) is 6.92 Å². The maximum atomic E-state index is 12.6. The average molecular weight is 241 g/mol. The fourth-order valence-corrected chi connectivity index (χ4v) is 3.04. The van der Waals surface area contributed by atoms with E-state index in [9.17, 15) is 9.90 Å². The zero-order valence-corrected chi connectivity index (χ0v) is 11.0. The molecule has 0 aliphatic carbocycles. The molecule has 3 fully saturated rings. The maximum Gasteiger partial charge on any atom is 0.163 e. The maximum absolute atomic E-state index is 12.6. The van der Waals surface area contributed by atoms with Crippen LogP contribution in [0.1, 0.15) is 33.6 Å². The highest BCUT2D eigenvalue weighted by molar-refractivity contribution is 5.95. The zero-order chi connectivity index (χ0) is 12.7. The highest BCUT2D eigenvalue weighted by Crippen LogP contribution is 2.44. The molecular weight excluding hydrogens is 218 g/mol. The van der Waals surface area contributed by atoms with Crippen LogP contribution in [-0.2, 0) is 9.53 Å². The molecule has 3 saturated heterocycles. The highest BCUT2D eigenvalue weighted by atomic mass is 16.5. The quantitative estimate of drug-likeness (QED) is 0.792. The number of carbonyl (C=O) groups is 1. The topological polar surface area (TPSA) is 49.8 Å². The molecule has 98 valence electrons. The van der Waals surface area contributed by atoms with Crippen LogP contribution in [0.4, 0.5) is 0 Å². The molecule has 4 nitrogen and oxygen atoms in total. The zero-order valence-electron chi connectivity index (χ0n) is 11.0. The van der Waals surface area contributed by atoms with Crippen LogP contribution in [0.2, 0.25) is 0 Å². The van der Waals surface area contributed by atoms with Crippen molar-refractivity contribution in [3.8, 4) is 0 Å². The summed E-state index contributed by atoms with van der Waals surface area (Å²) in [6, 6.07) is 0. The minimum absolute atomic E-state index is 0.0840. The van der Waals surface area contributed by atoms with Crippen molar-refractivity contribution in [2.75, 3.05) is 26.3 Å². The van der Waals surface area contributed by atoms with E-state index in [4.69, 9.17) is 4.74 Å². The molecule has 1 unspecified atom stereocenters. The fraction of sp³-hybridized carbons (Fsp3) is 0.923. The van der Waals surface area contributed by atoms with E-state index in [1.54, 1.807) is 0 Å². The molecule has 3 aliphatic rings. The second kappa shape index (κ2) is 4.34. The van der Waals surface area contributed by atoms with Crippen molar-refractivity contribution in [2.24, 2.45) is 5.41 Å². The van der Waals surface area contributed by atoms with Gasteiger partial charge in [0.25, 0.3) is 0 Å². The molecule has 17 heavy (non-hydrogen) atoms. The van der Waals surface area contributed by atoms with Gasteiger partial charge in [-0.25, -0.2) is 0 Å². The summed E-state index contributed by atoms with van der Waals surface area (Å²) < 4.78 is 5.62. The molecular formula is C13H23NO3. The molecule has 4 heteroatoms. The number of ketones is 1. The monoisotopic (exact) mass is 241 g/mol. The van der Waals surface area contributed by atoms with Crippen LogP contribution in [0, 0.1) is 5.41 Å². The molecule has 2 bridgehead atoms. The molecule has 3 aliphatic heterocycles. The number of carbonyl (C=O) groups excluding carboxylic acids is 1. The Balaban J connectivity index is 2.23. The van der Waals surface area contributed by atoms with E-state index < -0.39 is 5.54 Å². The molecule has 1 atom stereocenters. The number of aliphatic hydroxyl groups excluding tert-OH is 1. The lowest BCUT2D eigenvalue weighted by molar-refractivity contribution is -0.172. The largest absolute Gasteiger partial charge is 0.394 e. The fourth-order valence-electron chi connectivity index (χ4n) is 3.04. The molecule has 0 aromatic carbocycles. The van der Waals surface area contributed by atoms with Gasteiger partial charge in [0, 0.05) is 18.5 Å². The predicted octanol–water partition coefficient (Wildman–Crippen LogP) is 0.827. The van der Waals surface area contributed by atoms with Crippen molar-refractivity contribution in [3.05, 3.63) is 0 Å². The second-order valence-electron chi connectivity index (χ2n) is 5.93. The van der Waals surface area contributed by atoms with Crippen molar-refractivity contribution in [3.63, 3.8) is 0 Å². The van der Waals surface area contributed by atoms with Gasteiger partial charge in [0.15, 0.2) is 5.78 Å². The molecule has 0 spiro atoms. The second-order valence-corrected chi connectivity index (χ2v) is 5.93. The summed E-state index contributed by atoms with van der Waals surface area (Å²) in [5.74, 6) is 0.172. The number of aliphatic hydroxyl groups is 1. The first-order valence-corrected chi connectivity index (χ1v) is 6.47. The Hall–Kier alpha value is -0.450. The summed E-state index contributed by atoms with van der Waals surface area (Å²) in [5, 5.41) is 9.72. The van der Waals surface area contributed by atoms with Gasteiger partial charge in [0.1, 0.15) is 5.54 Å². The minimum Gasteiger partial charge on any atom is -0.394 e. The van der Waals surface area contributed by atoms with E-state index in [2.05, 4.69) is 4.90 Å². The van der Waals surface area contributed by atoms with E-state index in [1.807, 2.05) is 20.8 Å². The highest BCUT2D eigenvalue weighted by Gasteiger charge is 2.58. The van der Waals surface area contributed by atoms with Gasteiger partial charge in [0.2, 0.25) is 0 Å². The van der Waals surface area contributed by atoms with Crippen molar-refractivity contribution in [1.82, 2.24) is 4.90 Å². The first kappa shape index (κ1) is 13.0. The standard InChI is InChI=1S/C13H23NO3/c1-10(2)17-9-13(8-15)11(16)12(3)4-6-14(13)7-5-12/h10,15H,4-9H2,1-3H3.